The predicted molar refractivity (Wildman–Crippen MR) is 120 cm³/mol. The summed E-state index contributed by atoms with van der Waals surface area (Å²) < 4.78 is 0. The van der Waals surface area contributed by atoms with Gasteiger partial charge in [-0.1, -0.05) is 24.3 Å². The van der Waals surface area contributed by atoms with E-state index in [-0.39, 0.29) is 11.8 Å². The number of likely N-dealkylation sites (N-methyl/N-ethyl adjacent to an activating group) is 1. The maximum absolute atomic E-state index is 12.7. The zero-order valence-corrected chi connectivity index (χ0v) is 18.0. The minimum atomic E-state index is 0.0713. The molecule has 3 heterocycles. The summed E-state index contributed by atoms with van der Waals surface area (Å²) in [5.74, 6) is 1.27. The number of aromatic nitrogens is 2. The molecule has 1 N–H and O–H groups in total. The molecule has 2 fully saturated rings. The molecule has 0 atom stereocenters. The smallest absolute Gasteiger partial charge is 0.223 e. The second kappa shape index (κ2) is 9.43. The number of anilines is 2. The highest BCUT2D eigenvalue weighted by Crippen LogP contribution is 2.30. The van der Waals surface area contributed by atoms with Crippen LogP contribution in [0.15, 0.2) is 36.8 Å². The Morgan fingerprint density at radius 1 is 1.07 bits per heavy atom. The molecule has 7 nitrogen and oxygen atoms in total. The molecule has 0 unspecified atom stereocenters. The number of nitrogens with one attached hydrogen (secondary N) is 1. The van der Waals surface area contributed by atoms with Crippen LogP contribution in [0, 0.1) is 12.8 Å². The molecule has 1 aromatic heterocycles. The minimum absolute atomic E-state index is 0.0713. The van der Waals surface area contributed by atoms with Gasteiger partial charge in [-0.3, -0.25) is 4.79 Å². The molecule has 2 aliphatic heterocycles. The number of hydrogen-bond donors (Lipinski definition) is 1. The van der Waals surface area contributed by atoms with Crippen molar-refractivity contribution in [3.63, 3.8) is 0 Å². The van der Waals surface area contributed by atoms with Crippen molar-refractivity contribution in [1.29, 1.82) is 0 Å². The third-order valence-corrected chi connectivity index (χ3v) is 6.40. The lowest BCUT2D eigenvalue weighted by Gasteiger charge is -2.38. The fourth-order valence-electron chi connectivity index (χ4n) is 4.32. The van der Waals surface area contributed by atoms with Gasteiger partial charge in [-0.05, 0) is 37.9 Å². The highest BCUT2D eigenvalue weighted by molar-refractivity contribution is 5.79. The molecule has 160 valence electrons. The third-order valence-electron chi connectivity index (χ3n) is 6.40. The summed E-state index contributed by atoms with van der Waals surface area (Å²) in [5.41, 5.74) is 3.50. The number of piperidine rings is 1. The van der Waals surface area contributed by atoms with Crippen LogP contribution >= 0.6 is 0 Å². The molecule has 4 rings (SSSR count). The van der Waals surface area contributed by atoms with Gasteiger partial charge in [0.15, 0.2) is 5.82 Å². The average molecular weight is 409 g/mol. The van der Waals surface area contributed by atoms with Crippen molar-refractivity contribution >= 4 is 17.4 Å². The van der Waals surface area contributed by atoms with E-state index in [4.69, 9.17) is 0 Å². The second-order valence-electron chi connectivity index (χ2n) is 8.43. The van der Waals surface area contributed by atoms with Crippen LogP contribution in [-0.2, 0) is 11.3 Å². The molecule has 1 aromatic carbocycles. The first kappa shape index (κ1) is 20.6. The highest BCUT2D eigenvalue weighted by atomic mass is 16.1. The van der Waals surface area contributed by atoms with Crippen LogP contribution in [-0.4, -0.2) is 67.1 Å². The van der Waals surface area contributed by atoms with Crippen LogP contribution in [0.25, 0.3) is 0 Å². The van der Waals surface area contributed by atoms with Gasteiger partial charge in [-0.15, -0.1) is 0 Å². The highest BCUT2D eigenvalue weighted by Gasteiger charge is 2.28. The fourth-order valence-corrected chi connectivity index (χ4v) is 4.32. The number of piperazine rings is 1. The van der Waals surface area contributed by atoms with E-state index in [0.717, 1.165) is 63.6 Å². The SMILES string of the molecule is Cc1ccccc1CNC(=O)C1CCN(c2cncnc2N2CCN(C)CC2)CC1. The normalized spacial score (nSPS) is 18.5. The minimum Gasteiger partial charge on any atom is -0.367 e. The third kappa shape index (κ3) is 4.73. The first-order valence-electron chi connectivity index (χ1n) is 10.9. The number of aryl methyl sites for hydroxylation is 1. The number of benzene rings is 1. The van der Waals surface area contributed by atoms with Crippen molar-refractivity contribution < 1.29 is 4.79 Å². The van der Waals surface area contributed by atoms with Crippen LogP contribution in [0.4, 0.5) is 11.5 Å². The molecular formula is C23H32N6O. The van der Waals surface area contributed by atoms with E-state index in [0.29, 0.717) is 6.54 Å². The Morgan fingerprint density at radius 2 is 1.80 bits per heavy atom. The van der Waals surface area contributed by atoms with Crippen molar-refractivity contribution in [3.8, 4) is 0 Å². The van der Waals surface area contributed by atoms with Crippen molar-refractivity contribution in [1.82, 2.24) is 20.2 Å². The predicted octanol–water partition coefficient (Wildman–Crippen LogP) is 2.07. The standard InChI is InChI=1S/C23H32N6O/c1-18-5-3-4-6-20(18)15-25-23(30)19-7-9-28(10-8-19)21-16-24-17-26-22(21)29-13-11-27(2)12-14-29/h3-6,16-17,19H,7-15H2,1-2H3,(H,25,30). The summed E-state index contributed by atoms with van der Waals surface area (Å²) >= 11 is 0. The lowest BCUT2D eigenvalue weighted by molar-refractivity contribution is -0.125. The number of carbonyl (C=O) groups is 1. The van der Waals surface area contributed by atoms with Crippen LogP contribution < -0.4 is 15.1 Å². The number of carbonyl (C=O) groups excluding carboxylic acids is 1. The maximum atomic E-state index is 12.7. The zero-order chi connectivity index (χ0) is 20.9. The van der Waals surface area contributed by atoms with Crippen molar-refractivity contribution in [3.05, 3.63) is 47.9 Å². The Balaban J connectivity index is 1.33. The van der Waals surface area contributed by atoms with Crippen molar-refractivity contribution in [2.24, 2.45) is 5.92 Å². The summed E-state index contributed by atoms with van der Waals surface area (Å²) in [7, 11) is 2.16. The molecular weight excluding hydrogens is 376 g/mol. The molecule has 2 saturated heterocycles. The van der Waals surface area contributed by atoms with E-state index in [1.807, 2.05) is 18.3 Å². The van der Waals surface area contributed by atoms with Gasteiger partial charge in [0.25, 0.3) is 0 Å². The number of rotatable bonds is 5. The van der Waals surface area contributed by atoms with Gasteiger partial charge in [0.05, 0.1) is 11.9 Å². The van der Waals surface area contributed by atoms with Gasteiger partial charge in [-0.2, -0.15) is 0 Å². The monoisotopic (exact) mass is 408 g/mol. The van der Waals surface area contributed by atoms with E-state index in [1.54, 1.807) is 6.33 Å². The van der Waals surface area contributed by atoms with Gasteiger partial charge in [-0.25, -0.2) is 9.97 Å². The summed E-state index contributed by atoms with van der Waals surface area (Å²) in [6.45, 7) is 8.47. The van der Waals surface area contributed by atoms with E-state index in [1.165, 1.54) is 11.1 Å². The van der Waals surface area contributed by atoms with Crippen molar-refractivity contribution in [2.75, 3.05) is 56.1 Å². The summed E-state index contributed by atoms with van der Waals surface area (Å²) in [6, 6.07) is 8.21. The van der Waals surface area contributed by atoms with Crippen LogP contribution in [0.5, 0.6) is 0 Å². The molecule has 0 bridgehead atoms. The van der Waals surface area contributed by atoms with Gasteiger partial charge in [0.2, 0.25) is 5.91 Å². The van der Waals surface area contributed by atoms with Gasteiger partial charge < -0.3 is 20.0 Å². The van der Waals surface area contributed by atoms with Gasteiger partial charge in [0.1, 0.15) is 6.33 Å². The van der Waals surface area contributed by atoms with Gasteiger partial charge >= 0.3 is 0 Å². The lowest BCUT2D eigenvalue weighted by Crippen LogP contribution is -2.46. The Morgan fingerprint density at radius 3 is 2.53 bits per heavy atom. The molecule has 1 amide bonds. The first-order valence-corrected chi connectivity index (χ1v) is 10.9. The summed E-state index contributed by atoms with van der Waals surface area (Å²) in [4.78, 5) is 28.6. The topological polar surface area (TPSA) is 64.6 Å². The Labute approximate surface area is 179 Å². The zero-order valence-electron chi connectivity index (χ0n) is 18.0. The molecule has 0 saturated carbocycles. The summed E-state index contributed by atoms with van der Waals surface area (Å²) in [6.07, 6.45) is 5.29. The molecule has 2 aliphatic rings. The van der Waals surface area contributed by atoms with Crippen LogP contribution in [0.2, 0.25) is 0 Å². The Bertz CT molecular complexity index is 856. The number of nitrogens with zero attached hydrogens (tertiary/aromatic N) is 5. The molecule has 2 aromatic rings. The second-order valence-corrected chi connectivity index (χ2v) is 8.43. The van der Waals surface area contributed by atoms with E-state index < -0.39 is 0 Å². The molecule has 0 aliphatic carbocycles. The maximum Gasteiger partial charge on any atom is 0.223 e. The molecule has 30 heavy (non-hydrogen) atoms. The van der Waals surface area contributed by atoms with Crippen molar-refractivity contribution in [2.45, 2.75) is 26.3 Å². The Hall–Kier alpha value is -2.67. The molecule has 0 radical (unpaired) electrons. The number of amides is 1. The van der Waals surface area contributed by atoms with Crippen LogP contribution in [0.1, 0.15) is 24.0 Å². The van der Waals surface area contributed by atoms with E-state index in [2.05, 4.69) is 56.1 Å². The average Bonchev–Trinajstić information content (AvgIpc) is 2.79. The fraction of sp³-hybridized carbons (Fsp3) is 0.522. The van der Waals surface area contributed by atoms with Gasteiger partial charge in [0, 0.05) is 51.7 Å². The van der Waals surface area contributed by atoms with E-state index >= 15 is 0 Å². The first-order chi connectivity index (χ1) is 14.6. The molecule has 0 spiro atoms. The van der Waals surface area contributed by atoms with E-state index in [9.17, 15) is 4.79 Å². The Kier molecular flexibility index (Phi) is 6.47. The lowest BCUT2D eigenvalue weighted by atomic mass is 9.95. The van der Waals surface area contributed by atoms with Crippen LogP contribution in [0.3, 0.4) is 0 Å². The quantitative estimate of drug-likeness (QED) is 0.817. The number of hydrogen-bond acceptors (Lipinski definition) is 6. The largest absolute Gasteiger partial charge is 0.367 e. The summed E-state index contributed by atoms with van der Waals surface area (Å²) in [5, 5.41) is 3.14. The molecule has 7 heteroatoms.